The predicted octanol–water partition coefficient (Wildman–Crippen LogP) is 2.41. The predicted molar refractivity (Wildman–Crippen MR) is 83.2 cm³/mol. The van der Waals surface area contributed by atoms with Crippen LogP contribution in [0.2, 0.25) is 5.02 Å². The van der Waals surface area contributed by atoms with Gasteiger partial charge in [0.1, 0.15) is 10.7 Å². The molecule has 20 heavy (non-hydrogen) atoms. The highest BCUT2D eigenvalue weighted by Crippen LogP contribution is 2.22. The SMILES string of the molecule is NC(=S)c1ccc(OCC(=O)NC2CCCC2)cc1Cl. The van der Waals surface area contributed by atoms with Crippen LogP contribution in [0.25, 0.3) is 0 Å². The van der Waals surface area contributed by atoms with Gasteiger partial charge in [-0.2, -0.15) is 0 Å². The number of hydrogen-bond donors (Lipinski definition) is 2. The monoisotopic (exact) mass is 312 g/mol. The molecule has 0 saturated heterocycles. The van der Waals surface area contributed by atoms with E-state index >= 15 is 0 Å². The van der Waals surface area contributed by atoms with Crippen LogP contribution in [0.1, 0.15) is 31.2 Å². The molecule has 0 spiro atoms. The zero-order chi connectivity index (χ0) is 14.5. The maximum atomic E-state index is 11.7. The number of nitrogens with one attached hydrogen (secondary N) is 1. The molecule has 1 saturated carbocycles. The van der Waals surface area contributed by atoms with Crippen molar-refractivity contribution in [1.29, 1.82) is 0 Å². The number of carbonyl (C=O) groups is 1. The minimum absolute atomic E-state index is 0.0146. The van der Waals surface area contributed by atoms with E-state index in [9.17, 15) is 4.79 Å². The van der Waals surface area contributed by atoms with Crippen molar-refractivity contribution in [3.63, 3.8) is 0 Å². The molecular formula is C14H17ClN2O2S. The third-order valence-corrected chi connectivity index (χ3v) is 3.83. The Bertz CT molecular complexity index is 516. The fourth-order valence-corrected chi connectivity index (χ4v) is 2.78. The van der Waals surface area contributed by atoms with Crippen LogP contribution >= 0.6 is 23.8 Å². The van der Waals surface area contributed by atoms with Crippen molar-refractivity contribution in [3.8, 4) is 5.75 Å². The molecule has 0 radical (unpaired) electrons. The van der Waals surface area contributed by atoms with Gasteiger partial charge in [-0.15, -0.1) is 0 Å². The van der Waals surface area contributed by atoms with E-state index < -0.39 is 0 Å². The molecule has 6 heteroatoms. The normalized spacial score (nSPS) is 15.1. The van der Waals surface area contributed by atoms with Gasteiger partial charge in [0.15, 0.2) is 6.61 Å². The fourth-order valence-electron chi connectivity index (χ4n) is 2.27. The summed E-state index contributed by atoms with van der Waals surface area (Å²) in [7, 11) is 0. The summed E-state index contributed by atoms with van der Waals surface area (Å²) >= 11 is 10.9. The van der Waals surface area contributed by atoms with Crippen LogP contribution < -0.4 is 15.8 Å². The van der Waals surface area contributed by atoms with E-state index in [0.717, 1.165) is 12.8 Å². The van der Waals surface area contributed by atoms with Gasteiger partial charge in [0.2, 0.25) is 0 Å². The second-order valence-electron chi connectivity index (χ2n) is 4.84. The van der Waals surface area contributed by atoms with Gasteiger partial charge in [-0.3, -0.25) is 4.79 Å². The molecule has 1 aromatic rings. The van der Waals surface area contributed by atoms with Crippen molar-refractivity contribution < 1.29 is 9.53 Å². The molecule has 108 valence electrons. The average Bonchev–Trinajstić information content (AvgIpc) is 2.89. The Balaban J connectivity index is 1.85. The van der Waals surface area contributed by atoms with Crippen molar-refractivity contribution in [3.05, 3.63) is 28.8 Å². The first-order valence-electron chi connectivity index (χ1n) is 6.58. The maximum Gasteiger partial charge on any atom is 0.258 e. The summed E-state index contributed by atoms with van der Waals surface area (Å²) in [4.78, 5) is 12.0. The van der Waals surface area contributed by atoms with Crippen molar-refractivity contribution in [2.45, 2.75) is 31.7 Å². The maximum absolute atomic E-state index is 11.7. The Hall–Kier alpha value is -1.33. The summed E-state index contributed by atoms with van der Waals surface area (Å²) in [6, 6.07) is 5.29. The smallest absolute Gasteiger partial charge is 0.258 e. The lowest BCUT2D eigenvalue weighted by molar-refractivity contribution is -0.123. The molecule has 2 rings (SSSR count). The number of nitrogens with two attached hydrogens (primary N) is 1. The van der Waals surface area contributed by atoms with Crippen LogP contribution in [0.4, 0.5) is 0 Å². The number of carbonyl (C=O) groups excluding carboxylic acids is 1. The summed E-state index contributed by atoms with van der Waals surface area (Å²) in [5.74, 6) is 0.419. The van der Waals surface area contributed by atoms with E-state index in [-0.39, 0.29) is 17.5 Å². The minimum Gasteiger partial charge on any atom is -0.484 e. The molecule has 0 aliphatic heterocycles. The van der Waals surface area contributed by atoms with Crippen molar-refractivity contribution >= 4 is 34.7 Å². The average molecular weight is 313 g/mol. The Labute approximate surface area is 128 Å². The first-order chi connectivity index (χ1) is 9.56. The molecule has 1 aliphatic carbocycles. The molecular weight excluding hydrogens is 296 g/mol. The van der Waals surface area contributed by atoms with Crippen molar-refractivity contribution in [1.82, 2.24) is 5.32 Å². The third-order valence-electron chi connectivity index (χ3n) is 3.30. The van der Waals surface area contributed by atoms with E-state index in [0.29, 0.717) is 22.4 Å². The van der Waals surface area contributed by atoms with Crippen LogP contribution in [0.3, 0.4) is 0 Å². The summed E-state index contributed by atoms with van der Waals surface area (Å²) in [6.07, 6.45) is 4.48. The lowest BCUT2D eigenvalue weighted by atomic mass is 10.2. The number of hydrogen-bond acceptors (Lipinski definition) is 3. The molecule has 4 nitrogen and oxygen atoms in total. The Morgan fingerprint density at radius 1 is 1.45 bits per heavy atom. The van der Waals surface area contributed by atoms with E-state index in [1.807, 2.05) is 0 Å². The van der Waals surface area contributed by atoms with Crippen LogP contribution in [-0.2, 0) is 4.79 Å². The van der Waals surface area contributed by atoms with E-state index in [1.165, 1.54) is 12.8 Å². The molecule has 1 amide bonds. The topological polar surface area (TPSA) is 64.3 Å². The Morgan fingerprint density at radius 3 is 2.75 bits per heavy atom. The van der Waals surface area contributed by atoms with Gasteiger partial charge in [0.25, 0.3) is 5.91 Å². The van der Waals surface area contributed by atoms with Gasteiger partial charge in [0, 0.05) is 11.6 Å². The second kappa shape index (κ2) is 6.90. The third kappa shape index (κ3) is 4.08. The van der Waals surface area contributed by atoms with Crippen LogP contribution in [0, 0.1) is 0 Å². The summed E-state index contributed by atoms with van der Waals surface area (Å²) < 4.78 is 5.41. The first kappa shape index (κ1) is 15.1. The molecule has 0 heterocycles. The van der Waals surface area contributed by atoms with Gasteiger partial charge < -0.3 is 15.8 Å². The lowest BCUT2D eigenvalue weighted by Gasteiger charge is -2.13. The molecule has 0 unspecified atom stereocenters. The van der Waals surface area contributed by atoms with Crippen LogP contribution in [-0.4, -0.2) is 23.5 Å². The number of thiocarbonyl (C=S) groups is 1. The lowest BCUT2D eigenvalue weighted by Crippen LogP contribution is -2.36. The van der Waals surface area contributed by atoms with Gasteiger partial charge in [0.05, 0.1) is 5.02 Å². The number of halogens is 1. The molecule has 0 atom stereocenters. The van der Waals surface area contributed by atoms with Crippen molar-refractivity contribution in [2.24, 2.45) is 5.73 Å². The zero-order valence-corrected chi connectivity index (χ0v) is 12.6. The molecule has 1 aliphatic rings. The highest BCUT2D eigenvalue weighted by atomic mass is 35.5. The highest BCUT2D eigenvalue weighted by Gasteiger charge is 2.17. The van der Waals surface area contributed by atoms with Gasteiger partial charge in [-0.05, 0) is 31.0 Å². The van der Waals surface area contributed by atoms with Crippen molar-refractivity contribution in [2.75, 3.05) is 6.61 Å². The van der Waals surface area contributed by atoms with E-state index in [1.54, 1.807) is 18.2 Å². The highest BCUT2D eigenvalue weighted by molar-refractivity contribution is 7.80. The van der Waals surface area contributed by atoms with Gasteiger partial charge in [-0.1, -0.05) is 36.7 Å². The van der Waals surface area contributed by atoms with Gasteiger partial charge >= 0.3 is 0 Å². The molecule has 3 N–H and O–H groups in total. The number of ether oxygens (including phenoxy) is 1. The molecule has 1 aromatic carbocycles. The Morgan fingerprint density at radius 2 is 2.15 bits per heavy atom. The van der Waals surface area contributed by atoms with E-state index in [2.05, 4.69) is 5.32 Å². The molecule has 0 bridgehead atoms. The van der Waals surface area contributed by atoms with E-state index in [4.69, 9.17) is 34.3 Å². The molecule has 0 aromatic heterocycles. The van der Waals surface area contributed by atoms with Crippen LogP contribution in [0.5, 0.6) is 5.75 Å². The summed E-state index contributed by atoms with van der Waals surface area (Å²) in [5, 5.41) is 3.38. The minimum atomic E-state index is -0.105. The first-order valence-corrected chi connectivity index (χ1v) is 7.36. The van der Waals surface area contributed by atoms with Crippen LogP contribution in [0.15, 0.2) is 18.2 Å². The standard InChI is InChI=1S/C14H17ClN2O2S/c15-12-7-10(5-6-11(12)14(16)20)19-8-13(18)17-9-3-1-2-4-9/h5-7,9H,1-4,8H2,(H2,16,20)(H,17,18). The molecule has 1 fully saturated rings. The second-order valence-corrected chi connectivity index (χ2v) is 5.69. The Kier molecular flexibility index (Phi) is 5.20. The number of rotatable bonds is 5. The van der Waals surface area contributed by atoms with Gasteiger partial charge in [-0.25, -0.2) is 0 Å². The largest absolute Gasteiger partial charge is 0.484 e. The quantitative estimate of drug-likeness (QED) is 0.820. The number of benzene rings is 1. The summed E-state index contributed by atoms with van der Waals surface area (Å²) in [6.45, 7) is -0.0146. The number of amides is 1. The fraction of sp³-hybridized carbons (Fsp3) is 0.429. The zero-order valence-electron chi connectivity index (χ0n) is 11.0. The summed E-state index contributed by atoms with van der Waals surface area (Å²) in [5.41, 5.74) is 6.12.